The number of amides is 1. The molecule has 0 bridgehead atoms. The van der Waals surface area contributed by atoms with Crippen LogP contribution in [0.3, 0.4) is 0 Å². The number of allylic oxidation sites excluding steroid dienone is 2. The van der Waals surface area contributed by atoms with Crippen molar-refractivity contribution in [1.82, 2.24) is 20.7 Å². The standard InChI is InChI=1S/C23H21N7O2/c1-25-23(32)19-16-6-3-2-5-14(16)11-18(21(19)31)29-30-20-15(12-24)13-26-10-7-17(20)22-27-8-4-9-28-22/h2-6,8-9,11,13,17,29-31H,7,10H2,1H3,(H,25,32). The van der Waals surface area contributed by atoms with Crippen molar-refractivity contribution in [2.45, 2.75) is 12.3 Å². The van der Waals surface area contributed by atoms with Gasteiger partial charge in [0.05, 0.1) is 28.4 Å². The first-order valence-electron chi connectivity index (χ1n) is 10.0. The Kier molecular flexibility index (Phi) is 5.94. The smallest absolute Gasteiger partial charge is 0.255 e. The van der Waals surface area contributed by atoms with Crippen LogP contribution < -0.4 is 16.2 Å². The molecular formula is C23H21N7O2. The average molecular weight is 427 g/mol. The molecule has 9 heteroatoms. The molecule has 1 aromatic heterocycles. The second-order valence-electron chi connectivity index (χ2n) is 7.12. The predicted octanol–water partition coefficient (Wildman–Crippen LogP) is 2.65. The van der Waals surface area contributed by atoms with Gasteiger partial charge >= 0.3 is 0 Å². The molecule has 0 saturated heterocycles. The van der Waals surface area contributed by atoms with E-state index in [9.17, 15) is 15.2 Å². The Morgan fingerprint density at radius 1 is 1.19 bits per heavy atom. The maximum Gasteiger partial charge on any atom is 0.255 e. The van der Waals surface area contributed by atoms with Gasteiger partial charge < -0.3 is 15.8 Å². The summed E-state index contributed by atoms with van der Waals surface area (Å²) >= 11 is 0. The summed E-state index contributed by atoms with van der Waals surface area (Å²) in [5.74, 6) is -0.355. The molecule has 1 atom stereocenters. The number of nitrogens with zero attached hydrogens (tertiary/aromatic N) is 4. The van der Waals surface area contributed by atoms with E-state index in [0.717, 1.165) is 5.39 Å². The van der Waals surface area contributed by atoms with E-state index < -0.39 is 5.91 Å². The minimum atomic E-state index is -0.406. The number of hydrogen-bond acceptors (Lipinski definition) is 8. The number of hydrogen-bond donors (Lipinski definition) is 4. The van der Waals surface area contributed by atoms with Gasteiger partial charge in [-0.2, -0.15) is 5.26 Å². The van der Waals surface area contributed by atoms with Crippen LogP contribution in [0.1, 0.15) is 28.5 Å². The molecule has 0 saturated carbocycles. The monoisotopic (exact) mass is 427 g/mol. The number of carbonyl (C=O) groups excluding carboxylic acids is 1. The van der Waals surface area contributed by atoms with Crippen LogP contribution in [0.5, 0.6) is 5.75 Å². The number of phenols is 1. The van der Waals surface area contributed by atoms with Crippen LogP contribution in [0.4, 0.5) is 5.69 Å². The largest absolute Gasteiger partial charge is 0.505 e. The number of aromatic nitrogens is 2. The quantitative estimate of drug-likeness (QED) is 0.363. The van der Waals surface area contributed by atoms with Gasteiger partial charge in [-0.15, -0.1) is 0 Å². The van der Waals surface area contributed by atoms with Gasteiger partial charge in [-0.05, 0) is 29.3 Å². The number of aliphatic imine (C=N–C) groups is 1. The Balaban J connectivity index is 1.75. The summed E-state index contributed by atoms with van der Waals surface area (Å²) in [5, 5.41) is 24.5. The molecule has 160 valence electrons. The lowest BCUT2D eigenvalue weighted by Crippen LogP contribution is -2.28. The zero-order valence-corrected chi connectivity index (χ0v) is 17.3. The SMILES string of the molecule is CNC(=O)c1c(O)c(NNC2=C(C#N)C=NCCC2c2ncccn2)cc2ccccc12. The van der Waals surface area contributed by atoms with Crippen LogP contribution in [0.2, 0.25) is 0 Å². The van der Waals surface area contributed by atoms with Crippen molar-refractivity contribution >= 4 is 28.6 Å². The summed E-state index contributed by atoms with van der Waals surface area (Å²) in [6.45, 7) is 0.515. The average Bonchev–Trinajstić information content (AvgIpc) is 3.05. The molecule has 4 N–H and O–H groups in total. The normalized spacial score (nSPS) is 15.7. The first-order chi connectivity index (χ1) is 15.6. The number of hydrazine groups is 1. The number of rotatable bonds is 5. The topological polar surface area (TPSA) is 135 Å². The highest BCUT2D eigenvalue weighted by atomic mass is 16.3. The molecule has 2 heterocycles. The fraction of sp³-hybridized carbons (Fsp3) is 0.174. The second kappa shape index (κ2) is 9.14. The highest BCUT2D eigenvalue weighted by molar-refractivity contribution is 6.11. The van der Waals surface area contributed by atoms with Crippen LogP contribution in [0.25, 0.3) is 10.8 Å². The minimum absolute atomic E-state index is 0.162. The van der Waals surface area contributed by atoms with Crippen molar-refractivity contribution in [1.29, 1.82) is 5.26 Å². The van der Waals surface area contributed by atoms with E-state index >= 15 is 0 Å². The number of anilines is 1. The van der Waals surface area contributed by atoms with Gasteiger partial charge in [-0.25, -0.2) is 9.97 Å². The molecular weight excluding hydrogens is 406 g/mol. The van der Waals surface area contributed by atoms with Crippen LogP contribution in [-0.4, -0.2) is 40.8 Å². The van der Waals surface area contributed by atoms with Crippen LogP contribution in [0.15, 0.2) is 65.1 Å². The van der Waals surface area contributed by atoms with Crippen molar-refractivity contribution in [3.8, 4) is 11.8 Å². The van der Waals surface area contributed by atoms with E-state index in [1.807, 2.05) is 12.1 Å². The molecule has 2 aromatic carbocycles. The Morgan fingerprint density at radius 2 is 1.97 bits per heavy atom. The van der Waals surface area contributed by atoms with Crippen molar-refractivity contribution in [2.24, 2.45) is 4.99 Å². The molecule has 4 rings (SSSR count). The summed E-state index contributed by atoms with van der Waals surface area (Å²) in [6, 6.07) is 12.9. The van der Waals surface area contributed by atoms with E-state index in [0.29, 0.717) is 41.1 Å². The fourth-order valence-electron chi connectivity index (χ4n) is 3.67. The van der Waals surface area contributed by atoms with Crippen LogP contribution in [-0.2, 0) is 0 Å². The molecule has 0 spiro atoms. The molecule has 1 aliphatic rings. The summed E-state index contributed by atoms with van der Waals surface area (Å²) < 4.78 is 0. The van der Waals surface area contributed by atoms with Gasteiger partial charge in [0.15, 0.2) is 5.75 Å². The van der Waals surface area contributed by atoms with Crippen LogP contribution >= 0.6 is 0 Å². The lowest BCUT2D eigenvalue weighted by molar-refractivity contribution is 0.0962. The van der Waals surface area contributed by atoms with Crippen molar-refractivity contribution in [2.75, 3.05) is 19.0 Å². The summed E-state index contributed by atoms with van der Waals surface area (Å²) in [4.78, 5) is 25.5. The summed E-state index contributed by atoms with van der Waals surface area (Å²) in [5.41, 5.74) is 7.36. The highest BCUT2D eigenvalue weighted by Gasteiger charge is 2.25. The first-order valence-corrected chi connectivity index (χ1v) is 10.0. The number of aromatic hydroxyl groups is 1. The second-order valence-corrected chi connectivity index (χ2v) is 7.12. The van der Waals surface area contributed by atoms with Gasteiger partial charge in [-0.3, -0.25) is 15.2 Å². The Hall–Kier alpha value is -4.45. The number of nitriles is 1. The van der Waals surface area contributed by atoms with E-state index in [1.165, 1.54) is 13.3 Å². The zero-order chi connectivity index (χ0) is 22.5. The fourth-order valence-corrected chi connectivity index (χ4v) is 3.67. The number of benzene rings is 2. The molecule has 3 aromatic rings. The molecule has 0 aliphatic carbocycles. The Labute approximate surface area is 184 Å². The van der Waals surface area contributed by atoms with E-state index in [1.54, 1.807) is 36.7 Å². The van der Waals surface area contributed by atoms with Crippen molar-refractivity contribution in [3.63, 3.8) is 0 Å². The third-order valence-electron chi connectivity index (χ3n) is 5.23. The van der Waals surface area contributed by atoms with Gasteiger partial charge in [0.25, 0.3) is 5.91 Å². The number of nitrogens with one attached hydrogen (secondary N) is 3. The minimum Gasteiger partial charge on any atom is -0.505 e. The Bertz CT molecular complexity index is 1260. The van der Waals surface area contributed by atoms with Gasteiger partial charge in [0, 0.05) is 32.2 Å². The number of phenolic OH excluding ortho intramolecular Hbond substituents is 1. The molecule has 9 nitrogen and oxygen atoms in total. The number of fused-ring (bicyclic) bond motifs is 1. The van der Waals surface area contributed by atoms with Gasteiger partial charge in [0.1, 0.15) is 11.9 Å². The molecule has 1 unspecified atom stereocenters. The predicted molar refractivity (Wildman–Crippen MR) is 121 cm³/mol. The molecule has 32 heavy (non-hydrogen) atoms. The zero-order valence-electron chi connectivity index (χ0n) is 17.3. The maximum atomic E-state index is 12.5. The maximum absolute atomic E-state index is 12.5. The van der Waals surface area contributed by atoms with E-state index in [2.05, 4.69) is 37.2 Å². The molecule has 0 radical (unpaired) electrons. The summed E-state index contributed by atoms with van der Waals surface area (Å²) in [7, 11) is 1.51. The third kappa shape index (κ3) is 3.94. The number of carbonyl (C=O) groups is 1. The van der Waals surface area contributed by atoms with E-state index in [4.69, 9.17) is 0 Å². The van der Waals surface area contributed by atoms with Crippen molar-refractivity contribution in [3.05, 3.63) is 71.4 Å². The van der Waals surface area contributed by atoms with E-state index in [-0.39, 0.29) is 17.2 Å². The third-order valence-corrected chi connectivity index (χ3v) is 5.23. The van der Waals surface area contributed by atoms with Crippen LogP contribution in [0, 0.1) is 11.3 Å². The molecule has 1 amide bonds. The first kappa shape index (κ1) is 20.8. The lowest BCUT2D eigenvalue weighted by Gasteiger charge is -2.22. The summed E-state index contributed by atoms with van der Waals surface area (Å²) in [6.07, 6.45) is 5.41. The van der Waals surface area contributed by atoms with Gasteiger partial charge in [0.2, 0.25) is 0 Å². The Morgan fingerprint density at radius 3 is 2.72 bits per heavy atom. The van der Waals surface area contributed by atoms with Crippen molar-refractivity contribution < 1.29 is 9.90 Å². The highest BCUT2D eigenvalue weighted by Crippen LogP contribution is 2.35. The molecule has 1 aliphatic heterocycles. The lowest BCUT2D eigenvalue weighted by atomic mass is 9.98. The van der Waals surface area contributed by atoms with Gasteiger partial charge in [-0.1, -0.05) is 24.3 Å². The molecule has 0 fully saturated rings.